The maximum absolute atomic E-state index is 5.89. The summed E-state index contributed by atoms with van der Waals surface area (Å²) in [4.78, 5) is 10.6. The van der Waals surface area contributed by atoms with Crippen LogP contribution in [0.3, 0.4) is 0 Å². The van der Waals surface area contributed by atoms with Crippen LogP contribution in [0.25, 0.3) is 5.78 Å². The first-order chi connectivity index (χ1) is 8.24. The van der Waals surface area contributed by atoms with Gasteiger partial charge in [-0.15, -0.1) is 5.10 Å². The highest BCUT2D eigenvalue weighted by Gasteiger charge is 2.17. The smallest absolute Gasteiger partial charge is 0.255 e. The quantitative estimate of drug-likeness (QED) is 0.708. The predicted molar refractivity (Wildman–Crippen MR) is 63.6 cm³/mol. The Kier molecular flexibility index (Phi) is 2.60. The van der Waals surface area contributed by atoms with E-state index in [9.17, 15) is 0 Å². The lowest BCUT2D eigenvalue weighted by atomic mass is 10.4. The van der Waals surface area contributed by atoms with E-state index in [1.165, 1.54) is 0 Å². The lowest BCUT2D eigenvalue weighted by Crippen LogP contribution is -2.36. The number of nitrogens with zero attached hydrogens (tertiary/aromatic N) is 5. The third-order valence-corrected chi connectivity index (χ3v) is 2.94. The van der Waals surface area contributed by atoms with E-state index in [1.807, 2.05) is 6.92 Å². The molecule has 2 aromatic rings. The van der Waals surface area contributed by atoms with Crippen LogP contribution in [0.5, 0.6) is 0 Å². The molecule has 0 amide bonds. The van der Waals surface area contributed by atoms with Gasteiger partial charge in [0.1, 0.15) is 5.15 Å². The van der Waals surface area contributed by atoms with Crippen molar-refractivity contribution < 1.29 is 4.74 Å². The molecule has 0 aliphatic carbocycles. The second kappa shape index (κ2) is 4.12. The van der Waals surface area contributed by atoms with Crippen LogP contribution in [0.4, 0.5) is 5.95 Å². The molecule has 0 aromatic carbocycles. The van der Waals surface area contributed by atoms with Crippen LogP contribution < -0.4 is 4.90 Å². The first-order valence-corrected chi connectivity index (χ1v) is 5.84. The molecule has 3 heterocycles. The van der Waals surface area contributed by atoms with E-state index in [-0.39, 0.29) is 0 Å². The van der Waals surface area contributed by atoms with Crippen LogP contribution in [0, 0.1) is 6.92 Å². The third-order valence-electron chi connectivity index (χ3n) is 2.74. The van der Waals surface area contributed by atoms with E-state index in [0.29, 0.717) is 30.1 Å². The molecule has 2 aromatic heterocycles. The van der Waals surface area contributed by atoms with Crippen molar-refractivity contribution in [3.05, 3.63) is 16.9 Å². The molecule has 1 aliphatic heterocycles. The number of rotatable bonds is 1. The highest BCUT2D eigenvalue weighted by atomic mass is 35.5. The van der Waals surface area contributed by atoms with Crippen molar-refractivity contribution >= 4 is 23.3 Å². The van der Waals surface area contributed by atoms with Crippen LogP contribution in [0.15, 0.2) is 6.07 Å². The molecule has 0 bridgehead atoms. The fourth-order valence-electron chi connectivity index (χ4n) is 1.86. The maximum Gasteiger partial charge on any atom is 0.255 e. The first kappa shape index (κ1) is 10.7. The summed E-state index contributed by atoms with van der Waals surface area (Å²) >= 11 is 5.89. The standard InChI is InChI=1S/C10H12ClN5O/c1-7-6-8(11)12-9-13-10(14-16(7)9)15-2-4-17-5-3-15/h6H,2-5H2,1H3. The van der Waals surface area contributed by atoms with E-state index < -0.39 is 0 Å². The minimum Gasteiger partial charge on any atom is -0.378 e. The average Bonchev–Trinajstić information content (AvgIpc) is 2.74. The fourth-order valence-corrected chi connectivity index (χ4v) is 2.09. The monoisotopic (exact) mass is 253 g/mol. The number of aromatic nitrogens is 4. The Bertz CT molecular complexity index is 549. The van der Waals surface area contributed by atoms with Crippen LogP contribution >= 0.6 is 11.6 Å². The molecule has 0 atom stereocenters. The molecule has 1 aliphatic rings. The van der Waals surface area contributed by atoms with Gasteiger partial charge in [0.05, 0.1) is 13.2 Å². The number of hydrogen-bond donors (Lipinski definition) is 0. The Morgan fingerprint density at radius 1 is 1.29 bits per heavy atom. The summed E-state index contributed by atoms with van der Waals surface area (Å²) in [6.07, 6.45) is 0. The molecule has 1 saturated heterocycles. The average molecular weight is 254 g/mol. The molecule has 17 heavy (non-hydrogen) atoms. The zero-order valence-corrected chi connectivity index (χ0v) is 10.2. The van der Waals surface area contributed by atoms with Gasteiger partial charge in [-0.05, 0) is 13.0 Å². The van der Waals surface area contributed by atoms with Gasteiger partial charge >= 0.3 is 0 Å². The third kappa shape index (κ3) is 1.94. The molecule has 0 saturated carbocycles. The van der Waals surface area contributed by atoms with Crippen LogP contribution in [0.1, 0.15) is 5.69 Å². The molecule has 0 N–H and O–H groups in total. The number of fused-ring (bicyclic) bond motifs is 1. The van der Waals surface area contributed by atoms with Crippen molar-refractivity contribution in [2.75, 3.05) is 31.2 Å². The van der Waals surface area contributed by atoms with Gasteiger partial charge in [-0.3, -0.25) is 0 Å². The number of hydrogen-bond acceptors (Lipinski definition) is 5. The van der Waals surface area contributed by atoms with Gasteiger partial charge in [0.2, 0.25) is 5.95 Å². The van der Waals surface area contributed by atoms with Crippen LogP contribution in [0.2, 0.25) is 5.15 Å². The largest absolute Gasteiger partial charge is 0.378 e. The zero-order valence-electron chi connectivity index (χ0n) is 9.43. The Labute approximate surface area is 103 Å². The summed E-state index contributed by atoms with van der Waals surface area (Å²) in [6.45, 7) is 4.97. The van der Waals surface area contributed by atoms with E-state index in [2.05, 4.69) is 20.0 Å². The molecule has 90 valence electrons. The Balaban J connectivity index is 2.03. The van der Waals surface area contributed by atoms with Gasteiger partial charge in [-0.2, -0.15) is 14.5 Å². The van der Waals surface area contributed by atoms with E-state index in [1.54, 1.807) is 10.6 Å². The number of aryl methyl sites for hydroxylation is 1. The summed E-state index contributed by atoms with van der Waals surface area (Å²) in [5, 5.41) is 4.87. The fraction of sp³-hybridized carbons (Fsp3) is 0.500. The summed E-state index contributed by atoms with van der Waals surface area (Å²) in [7, 11) is 0. The highest BCUT2D eigenvalue weighted by Crippen LogP contribution is 2.15. The Hall–Kier alpha value is -1.40. The van der Waals surface area contributed by atoms with E-state index >= 15 is 0 Å². The Morgan fingerprint density at radius 3 is 2.82 bits per heavy atom. The highest BCUT2D eigenvalue weighted by molar-refractivity contribution is 6.29. The number of halogens is 1. The minimum atomic E-state index is 0.441. The topological polar surface area (TPSA) is 55.5 Å². The molecular weight excluding hydrogens is 242 g/mol. The summed E-state index contributed by atoms with van der Waals surface area (Å²) in [5.74, 6) is 1.22. The Morgan fingerprint density at radius 2 is 2.06 bits per heavy atom. The number of ether oxygens (including phenoxy) is 1. The molecule has 7 heteroatoms. The van der Waals surface area contributed by atoms with Gasteiger partial charge in [0.25, 0.3) is 5.78 Å². The van der Waals surface area contributed by atoms with Gasteiger partial charge in [0, 0.05) is 18.8 Å². The van der Waals surface area contributed by atoms with Gasteiger partial charge in [-0.1, -0.05) is 11.6 Å². The second-order valence-corrected chi connectivity index (χ2v) is 4.33. The maximum atomic E-state index is 5.89. The van der Waals surface area contributed by atoms with Crippen molar-refractivity contribution in [1.29, 1.82) is 0 Å². The van der Waals surface area contributed by atoms with Crippen molar-refractivity contribution in [2.24, 2.45) is 0 Å². The summed E-state index contributed by atoms with van der Waals surface area (Å²) in [5.41, 5.74) is 0.923. The molecule has 0 radical (unpaired) electrons. The van der Waals surface area contributed by atoms with Crippen LogP contribution in [-0.2, 0) is 4.74 Å². The van der Waals surface area contributed by atoms with E-state index in [0.717, 1.165) is 18.8 Å². The molecule has 0 spiro atoms. The van der Waals surface area contributed by atoms with Crippen molar-refractivity contribution in [3.8, 4) is 0 Å². The SMILES string of the molecule is Cc1cc(Cl)nc2nc(N3CCOCC3)nn12. The molecule has 0 unspecified atom stereocenters. The predicted octanol–water partition coefficient (Wildman–Crippen LogP) is 0.923. The molecule has 3 rings (SSSR count). The molecular formula is C10H12ClN5O. The van der Waals surface area contributed by atoms with Crippen molar-refractivity contribution in [3.63, 3.8) is 0 Å². The second-order valence-electron chi connectivity index (χ2n) is 3.94. The van der Waals surface area contributed by atoms with Gasteiger partial charge in [0.15, 0.2) is 0 Å². The van der Waals surface area contributed by atoms with Crippen molar-refractivity contribution in [2.45, 2.75) is 6.92 Å². The minimum absolute atomic E-state index is 0.441. The van der Waals surface area contributed by atoms with Crippen LogP contribution in [-0.4, -0.2) is 45.9 Å². The normalized spacial score (nSPS) is 16.7. The van der Waals surface area contributed by atoms with Gasteiger partial charge in [-0.25, -0.2) is 0 Å². The van der Waals surface area contributed by atoms with E-state index in [4.69, 9.17) is 16.3 Å². The lowest BCUT2D eigenvalue weighted by Gasteiger charge is -2.25. The lowest BCUT2D eigenvalue weighted by molar-refractivity contribution is 0.122. The zero-order chi connectivity index (χ0) is 11.8. The number of anilines is 1. The van der Waals surface area contributed by atoms with Crippen molar-refractivity contribution in [1.82, 2.24) is 19.6 Å². The molecule has 1 fully saturated rings. The summed E-state index contributed by atoms with van der Waals surface area (Å²) < 4.78 is 7.00. The first-order valence-electron chi connectivity index (χ1n) is 5.46. The number of morpholine rings is 1. The van der Waals surface area contributed by atoms with Gasteiger partial charge < -0.3 is 9.64 Å². The summed E-state index contributed by atoms with van der Waals surface area (Å²) in [6, 6.07) is 1.77. The molecule has 6 nitrogen and oxygen atoms in total.